The van der Waals surface area contributed by atoms with Gasteiger partial charge in [0.15, 0.2) is 5.69 Å². The normalized spacial score (nSPS) is 21.0. The quantitative estimate of drug-likeness (QED) is 0.796. The molecule has 1 atom stereocenters. The number of amides is 1. The lowest BCUT2D eigenvalue weighted by Crippen LogP contribution is -2.48. The summed E-state index contributed by atoms with van der Waals surface area (Å²) >= 11 is 0. The summed E-state index contributed by atoms with van der Waals surface area (Å²) in [6.45, 7) is 8.89. The molecule has 3 heterocycles. The average molecular weight is 350 g/mol. The van der Waals surface area contributed by atoms with Crippen LogP contribution in [0.1, 0.15) is 49.0 Å². The van der Waals surface area contributed by atoms with E-state index in [1.807, 2.05) is 4.90 Å². The van der Waals surface area contributed by atoms with Crippen LogP contribution in [0.3, 0.4) is 0 Å². The Balaban J connectivity index is 1.44. The molecule has 1 N–H and O–H groups in total. The van der Waals surface area contributed by atoms with Gasteiger partial charge in [0.25, 0.3) is 5.91 Å². The molecule has 2 fully saturated rings. The lowest BCUT2D eigenvalue weighted by atomic mass is 10.2. The molecule has 0 spiro atoms. The highest BCUT2D eigenvalue weighted by atomic mass is 16.3. The van der Waals surface area contributed by atoms with Crippen LogP contribution in [-0.4, -0.2) is 82.6 Å². The maximum Gasteiger partial charge on any atom is 0.275 e. The zero-order chi connectivity index (χ0) is 17.6. The van der Waals surface area contributed by atoms with Gasteiger partial charge in [-0.1, -0.05) is 13.3 Å². The number of nitrogens with zero attached hydrogens (tertiary/aromatic N) is 4. The maximum absolute atomic E-state index is 12.3. The zero-order valence-corrected chi connectivity index (χ0v) is 15.2. The van der Waals surface area contributed by atoms with Crippen LogP contribution in [0, 0.1) is 0 Å². The van der Waals surface area contributed by atoms with Gasteiger partial charge in [-0.3, -0.25) is 14.6 Å². The van der Waals surface area contributed by atoms with Crippen molar-refractivity contribution < 1.29 is 14.3 Å². The van der Waals surface area contributed by atoms with Crippen LogP contribution in [0.15, 0.2) is 10.7 Å². The number of aliphatic hydroxyl groups is 1. The lowest BCUT2D eigenvalue weighted by molar-refractivity contribution is 0.0634. The van der Waals surface area contributed by atoms with Crippen LogP contribution < -0.4 is 0 Å². The van der Waals surface area contributed by atoms with Crippen LogP contribution in [0.5, 0.6) is 0 Å². The second kappa shape index (κ2) is 8.78. The first-order chi connectivity index (χ1) is 12.2. The van der Waals surface area contributed by atoms with Crippen LogP contribution >= 0.6 is 0 Å². The predicted molar refractivity (Wildman–Crippen MR) is 94.3 cm³/mol. The van der Waals surface area contributed by atoms with Crippen molar-refractivity contribution >= 4 is 5.91 Å². The Morgan fingerprint density at radius 3 is 2.56 bits per heavy atom. The van der Waals surface area contributed by atoms with Crippen LogP contribution in [0.2, 0.25) is 0 Å². The minimum atomic E-state index is -0.220. The van der Waals surface area contributed by atoms with Crippen LogP contribution in [-0.2, 0) is 6.54 Å². The molecule has 7 nitrogen and oxygen atoms in total. The third-order valence-corrected chi connectivity index (χ3v) is 5.08. The number of aromatic nitrogens is 1. The molecule has 1 unspecified atom stereocenters. The van der Waals surface area contributed by atoms with Crippen molar-refractivity contribution in [3.05, 3.63) is 17.8 Å². The van der Waals surface area contributed by atoms with E-state index >= 15 is 0 Å². The number of oxazole rings is 1. The first kappa shape index (κ1) is 18.4. The second-order valence-electron chi connectivity index (χ2n) is 7.15. The van der Waals surface area contributed by atoms with Gasteiger partial charge in [0.1, 0.15) is 6.26 Å². The molecule has 140 valence electrons. The summed E-state index contributed by atoms with van der Waals surface area (Å²) in [7, 11) is 0. The van der Waals surface area contributed by atoms with Gasteiger partial charge in [-0.05, 0) is 19.3 Å². The minimum Gasteiger partial charge on any atom is -0.447 e. The standard InChI is InChI=1S/C18H30N4O3/c1-2-5-15(23)12-20-8-10-21(11-9-20)13-17-19-16(14-25-17)18(24)22-6-3-4-7-22/h14-15,23H,2-13H2,1H3. The van der Waals surface area contributed by atoms with Crippen molar-refractivity contribution in [3.8, 4) is 0 Å². The Bertz CT molecular complexity index is 548. The molecular formula is C18H30N4O3. The van der Waals surface area contributed by atoms with Gasteiger partial charge < -0.3 is 14.4 Å². The zero-order valence-electron chi connectivity index (χ0n) is 15.2. The molecule has 0 aliphatic carbocycles. The second-order valence-corrected chi connectivity index (χ2v) is 7.15. The van der Waals surface area contributed by atoms with E-state index in [4.69, 9.17) is 4.42 Å². The fourth-order valence-corrected chi connectivity index (χ4v) is 3.61. The van der Waals surface area contributed by atoms with E-state index in [-0.39, 0.29) is 12.0 Å². The lowest BCUT2D eigenvalue weighted by Gasteiger charge is -2.34. The largest absolute Gasteiger partial charge is 0.447 e. The summed E-state index contributed by atoms with van der Waals surface area (Å²) in [5.74, 6) is 0.601. The van der Waals surface area contributed by atoms with Gasteiger partial charge in [0, 0.05) is 45.8 Å². The fourth-order valence-electron chi connectivity index (χ4n) is 3.61. The number of piperazine rings is 1. The van der Waals surface area contributed by atoms with Gasteiger partial charge in [-0.2, -0.15) is 0 Å². The van der Waals surface area contributed by atoms with Gasteiger partial charge in [-0.25, -0.2) is 4.98 Å². The van der Waals surface area contributed by atoms with E-state index in [0.29, 0.717) is 18.1 Å². The number of β-amino-alcohol motifs (C(OH)–C–C–N with tert-alkyl or cyclic N) is 1. The van der Waals surface area contributed by atoms with Crippen molar-refractivity contribution in [2.75, 3.05) is 45.8 Å². The molecule has 1 aromatic rings. The third kappa shape index (κ3) is 5.03. The van der Waals surface area contributed by atoms with E-state index < -0.39 is 0 Å². The summed E-state index contributed by atoms with van der Waals surface area (Å²) in [6.07, 6.45) is 5.31. The monoisotopic (exact) mass is 350 g/mol. The molecule has 3 rings (SSSR count). The molecule has 0 aromatic carbocycles. The number of likely N-dealkylation sites (tertiary alicyclic amines) is 1. The van der Waals surface area contributed by atoms with Crippen molar-refractivity contribution in [2.24, 2.45) is 0 Å². The summed E-state index contributed by atoms with van der Waals surface area (Å²) in [5, 5.41) is 9.93. The Labute approximate surface area is 149 Å². The first-order valence-corrected chi connectivity index (χ1v) is 9.52. The van der Waals surface area contributed by atoms with Crippen molar-refractivity contribution in [1.29, 1.82) is 0 Å². The maximum atomic E-state index is 12.3. The van der Waals surface area contributed by atoms with Gasteiger partial charge in [-0.15, -0.1) is 0 Å². The molecule has 0 saturated carbocycles. The SMILES string of the molecule is CCCC(O)CN1CCN(Cc2nc(C(=O)N3CCCC3)co2)CC1. The van der Waals surface area contributed by atoms with Crippen molar-refractivity contribution in [3.63, 3.8) is 0 Å². The van der Waals surface area contributed by atoms with E-state index in [1.165, 1.54) is 6.26 Å². The molecular weight excluding hydrogens is 320 g/mol. The molecule has 2 saturated heterocycles. The molecule has 25 heavy (non-hydrogen) atoms. The van der Waals surface area contributed by atoms with E-state index in [1.54, 1.807) is 0 Å². The highest BCUT2D eigenvalue weighted by Crippen LogP contribution is 2.14. The Morgan fingerprint density at radius 2 is 1.88 bits per heavy atom. The van der Waals surface area contributed by atoms with Gasteiger partial charge in [0.05, 0.1) is 12.6 Å². The molecule has 1 amide bonds. The van der Waals surface area contributed by atoms with Crippen LogP contribution in [0.4, 0.5) is 0 Å². The number of carbonyl (C=O) groups is 1. The Morgan fingerprint density at radius 1 is 1.20 bits per heavy atom. The summed E-state index contributed by atoms with van der Waals surface area (Å²) in [4.78, 5) is 23.2. The molecule has 2 aliphatic heterocycles. The molecule has 0 bridgehead atoms. The van der Waals surface area contributed by atoms with Crippen molar-refractivity contribution in [1.82, 2.24) is 19.7 Å². The number of rotatable bonds is 7. The van der Waals surface area contributed by atoms with Crippen LogP contribution in [0.25, 0.3) is 0 Å². The number of hydrogen-bond donors (Lipinski definition) is 1. The molecule has 1 aromatic heterocycles. The highest BCUT2D eigenvalue weighted by Gasteiger charge is 2.24. The molecule has 2 aliphatic rings. The molecule has 0 radical (unpaired) electrons. The topological polar surface area (TPSA) is 73.1 Å². The Kier molecular flexibility index (Phi) is 6.45. The number of hydrogen-bond acceptors (Lipinski definition) is 6. The Hall–Kier alpha value is -1.44. The number of aliphatic hydroxyl groups excluding tert-OH is 1. The predicted octanol–water partition coefficient (Wildman–Crippen LogP) is 1.19. The smallest absolute Gasteiger partial charge is 0.275 e. The highest BCUT2D eigenvalue weighted by molar-refractivity contribution is 5.92. The summed E-state index contributed by atoms with van der Waals surface area (Å²) in [6, 6.07) is 0. The van der Waals surface area contributed by atoms with Gasteiger partial charge >= 0.3 is 0 Å². The third-order valence-electron chi connectivity index (χ3n) is 5.08. The fraction of sp³-hybridized carbons (Fsp3) is 0.778. The van der Waals surface area contributed by atoms with E-state index in [2.05, 4.69) is 21.7 Å². The van der Waals surface area contributed by atoms with E-state index in [9.17, 15) is 9.90 Å². The van der Waals surface area contributed by atoms with Crippen molar-refractivity contribution in [2.45, 2.75) is 45.3 Å². The first-order valence-electron chi connectivity index (χ1n) is 9.52. The summed E-state index contributed by atoms with van der Waals surface area (Å²) in [5.41, 5.74) is 0.429. The van der Waals surface area contributed by atoms with Gasteiger partial charge in [0.2, 0.25) is 5.89 Å². The number of carbonyl (C=O) groups excluding carboxylic acids is 1. The molecule has 7 heteroatoms. The summed E-state index contributed by atoms with van der Waals surface area (Å²) < 4.78 is 5.52. The minimum absolute atomic E-state index is 0.0118. The average Bonchev–Trinajstić information content (AvgIpc) is 3.28. The van der Waals surface area contributed by atoms with E-state index in [0.717, 1.165) is 71.5 Å².